The summed E-state index contributed by atoms with van der Waals surface area (Å²) in [4.78, 5) is 4.99. The van der Waals surface area contributed by atoms with E-state index in [1.807, 2.05) is 12.1 Å². The van der Waals surface area contributed by atoms with Crippen LogP contribution in [0.5, 0.6) is 0 Å². The summed E-state index contributed by atoms with van der Waals surface area (Å²) in [5, 5.41) is 15.9. The van der Waals surface area contributed by atoms with Gasteiger partial charge in [0.05, 0.1) is 12.5 Å². The van der Waals surface area contributed by atoms with E-state index < -0.39 is 0 Å². The second-order valence-electron chi connectivity index (χ2n) is 3.09. The molecule has 0 amide bonds. The molecule has 3 N–H and O–H groups in total. The Balaban J connectivity index is 2.23. The zero-order valence-corrected chi connectivity index (χ0v) is 9.16. The Morgan fingerprint density at radius 1 is 1.50 bits per heavy atom. The maximum absolute atomic E-state index is 8.65. The number of nitriles is 1. The van der Waals surface area contributed by atoms with Gasteiger partial charge in [-0.3, -0.25) is 5.10 Å². The number of aromatic amines is 1. The molecule has 5 nitrogen and oxygen atoms in total. The van der Waals surface area contributed by atoms with Crippen LogP contribution in [0.2, 0.25) is 0 Å². The van der Waals surface area contributed by atoms with Crippen LogP contribution in [0.4, 0.5) is 5.69 Å². The van der Waals surface area contributed by atoms with E-state index in [4.69, 9.17) is 11.0 Å². The van der Waals surface area contributed by atoms with Crippen molar-refractivity contribution < 1.29 is 0 Å². The number of aromatic nitrogens is 3. The van der Waals surface area contributed by atoms with Gasteiger partial charge in [-0.2, -0.15) is 10.4 Å². The molecule has 2 aromatic rings. The maximum atomic E-state index is 8.65. The first kappa shape index (κ1) is 10.5. The Hall–Kier alpha value is -2.00. The highest BCUT2D eigenvalue weighted by Crippen LogP contribution is 2.27. The van der Waals surface area contributed by atoms with Gasteiger partial charge in [0, 0.05) is 10.6 Å². The third-order valence-electron chi connectivity index (χ3n) is 1.99. The molecule has 0 atom stereocenters. The van der Waals surface area contributed by atoms with Gasteiger partial charge in [-0.15, -0.1) is 0 Å². The monoisotopic (exact) mass is 231 g/mol. The number of H-pyrrole nitrogens is 1. The zero-order chi connectivity index (χ0) is 11.4. The Bertz CT molecular complexity index is 515. The Labute approximate surface area is 96.7 Å². The molecule has 0 aliphatic rings. The Kier molecular flexibility index (Phi) is 3.08. The van der Waals surface area contributed by atoms with Crippen LogP contribution in [0, 0.1) is 11.3 Å². The lowest BCUT2D eigenvalue weighted by Crippen LogP contribution is -1.93. The number of nitrogens with zero attached hydrogens (tertiary/aromatic N) is 3. The summed E-state index contributed by atoms with van der Waals surface area (Å²) in [6.45, 7) is 0. The molecule has 0 bridgehead atoms. The largest absolute Gasteiger partial charge is 0.398 e. The normalized spacial score (nSPS) is 9.94. The summed E-state index contributed by atoms with van der Waals surface area (Å²) < 4.78 is 0. The summed E-state index contributed by atoms with van der Waals surface area (Å²) in [5.41, 5.74) is 7.23. The van der Waals surface area contributed by atoms with E-state index in [9.17, 15) is 0 Å². The van der Waals surface area contributed by atoms with Gasteiger partial charge in [0.1, 0.15) is 6.33 Å². The first-order valence-electron chi connectivity index (χ1n) is 4.58. The van der Waals surface area contributed by atoms with Gasteiger partial charge < -0.3 is 5.73 Å². The summed E-state index contributed by atoms with van der Waals surface area (Å²) >= 11 is 1.45. The molecule has 0 saturated carbocycles. The first-order chi connectivity index (χ1) is 7.79. The number of nitrogens with one attached hydrogen (secondary N) is 1. The number of nitrogens with two attached hydrogens (primary N) is 1. The van der Waals surface area contributed by atoms with Gasteiger partial charge in [0.15, 0.2) is 5.16 Å². The number of hydrogen-bond donors (Lipinski definition) is 2. The molecular formula is C10H9N5S. The molecule has 0 aliphatic carbocycles. The number of rotatable bonds is 3. The Morgan fingerprint density at radius 3 is 3.06 bits per heavy atom. The average Bonchev–Trinajstić information content (AvgIpc) is 2.76. The summed E-state index contributed by atoms with van der Waals surface area (Å²) in [6, 6.07) is 7.67. The SMILES string of the molecule is N#CCc1cc(Sc2ncn[nH]2)ccc1N. The molecular weight excluding hydrogens is 222 g/mol. The molecule has 6 heteroatoms. The van der Waals surface area contributed by atoms with Gasteiger partial charge in [-0.05, 0) is 23.8 Å². The van der Waals surface area contributed by atoms with Crippen LogP contribution < -0.4 is 5.73 Å². The van der Waals surface area contributed by atoms with Crippen molar-refractivity contribution >= 4 is 17.4 Å². The topological polar surface area (TPSA) is 91.4 Å². The van der Waals surface area contributed by atoms with Crippen molar-refractivity contribution in [3.63, 3.8) is 0 Å². The van der Waals surface area contributed by atoms with E-state index in [0.29, 0.717) is 17.3 Å². The smallest absolute Gasteiger partial charge is 0.188 e. The van der Waals surface area contributed by atoms with Crippen molar-refractivity contribution in [1.29, 1.82) is 5.26 Å². The van der Waals surface area contributed by atoms with E-state index >= 15 is 0 Å². The second-order valence-corrected chi connectivity index (χ2v) is 4.15. The lowest BCUT2D eigenvalue weighted by atomic mass is 10.1. The molecule has 0 spiro atoms. The minimum Gasteiger partial charge on any atom is -0.398 e. The summed E-state index contributed by atoms with van der Waals surface area (Å²) in [5.74, 6) is 0. The van der Waals surface area contributed by atoms with Crippen molar-refractivity contribution in [3.8, 4) is 6.07 Å². The highest BCUT2D eigenvalue weighted by atomic mass is 32.2. The van der Waals surface area contributed by atoms with Crippen LogP contribution in [0.1, 0.15) is 5.56 Å². The van der Waals surface area contributed by atoms with Gasteiger partial charge >= 0.3 is 0 Å². The maximum Gasteiger partial charge on any atom is 0.188 e. The van der Waals surface area contributed by atoms with Crippen molar-refractivity contribution in [3.05, 3.63) is 30.1 Å². The minimum atomic E-state index is 0.316. The fourth-order valence-corrected chi connectivity index (χ4v) is 2.00. The summed E-state index contributed by atoms with van der Waals surface area (Å²) in [6.07, 6.45) is 1.77. The van der Waals surface area contributed by atoms with Gasteiger partial charge in [-0.1, -0.05) is 11.8 Å². The predicted octanol–water partition coefficient (Wildman–Crippen LogP) is 1.60. The third kappa shape index (κ3) is 2.32. The number of anilines is 1. The number of nitrogen functional groups attached to an aromatic ring is 1. The van der Waals surface area contributed by atoms with Crippen molar-refractivity contribution in [2.24, 2.45) is 0 Å². The molecule has 16 heavy (non-hydrogen) atoms. The molecule has 0 aliphatic heterocycles. The molecule has 80 valence electrons. The molecule has 2 rings (SSSR count). The van der Waals surface area contributed by atoms with Gasteiger partial charge in [0.2, 0.25) is 0 Å². The van der Waals surface area contributed by atoms with E-state index in [0.717, 1.165) is 10.5 Å². The standard InChI is InChI=1S/C10H9N5S/c11-4-3-7-5-8(1-2-9(7)12)16-10-13-6-14-15-10/h1-2,5-6H,3,12H2,(H,13,14,15). The number of hydrogen-bond acceptors (Lipinski definition) is 5. The Morgan fingerprint density at radius 2 is 2.38 bits per heavy atom. The number of benzene rings is 1. The van der Waals surface area contributed by atoms with Crippen LogP contribution in [0.15, 0.2) is 34.6 Å². The molecule has 0 unspecified atom stereocenters. The van der Waals surface area contributed by atoms with E-state index in [-0.39, 0.29) is 0 Å². The highest BCUT2D eigenvalue weighted by Gasteiger charge is 2.04. The predicted molar refractivity (Wildman–Crippen MR) is 60.7 cm³/mol. The van der Waals surface area contributed by atoms with Crippen molar-refractivity contribution in [2.75, 3.05) is 5.73 Å². The van der Waals surface area contributed by atoms with Crippen molar-refractivity contribution in [1.82, 2.24) is 15.2 Å². The molecule has 0 saturated heterocycles. The van der Waals surface area contributed by atoms with Crippen LogP contribution in [-0.4, -0.2) is 15.2 Å². The fraction of sp³-hybridized carbons (Fsp3) is 0.100. The second kappa shape index (κ2) is 4.68. The van der Waals surface area contributed by atoms with E-state index in [2.05, 4.69) is 21.3 Å². The summed E-state index contributed by atoms with van der Waals surface area (Å²) in [7, 11) is 0. The van der Waals surface area contributed by atoms with Gasteiger partial charge in [0.25, 0.3) is 0 Å². The first-order valence-corrected chi connectivity index (χ1v) is 5.40. The van der Waals surface area contributed by atoms with Crippen LogP contribution in [0.3, 0.4) is 0 Å². The average molecular weight is 231 g/mol. The third-order valence-corrected chi connectivity index (χ3v) is 2.87. The van der Waals surface area contributed by atoms with Crippen LogP contribution in [0.25, 0.3) is 0 Å². The van der Waals surface area contributed by atoms with Gasteiger partial charge in [-0.25, -0.2) is 4.98 Å². The highest BCUT2D eigenvalue weighted by molar-refractivity contribution is 7.99. The minimum absolute atomic E-state index is 0.316. The molecule has 0 radical (unpaired) electrons. The molecule has 0 fully saturated rings. The molecule has 1 heterocycles. The van der Waals surface area contributed by atoms with Crippen LogP contribution in [-0.2, 0) is 6.42 Å². The lowest BCUT2D eigenvalue weighted by Gasteiger charge is -2.03. The van der Waals surface area contributed by atoms with E-state index in [1.165, 1.54) is 18.1 Å². The molecule has 1 aromatic heterocycles. The lowest BCUT2D eigenvalue weighted by molar-refractivity contribution is 0.973. The van der Waals surface area contributed by atoms with Crippen LogP contribution >= 0.6 is 11.8 Å². The quantitative estimate of drug-likeness (QED) is 0.783. The van der Waals surface area contributed by atoms with Crippen molar-refractivity contribution in [2.45, 2.75) is 16.5 Å². The molecule has 1 aromatic carbocycles. The zero-order valence-electron chi connectivity index (χ0n) is 8.34. The van der Waals surface area contributed by atoms with E-state index in [1.54, 1.807) is 6.07 Å². The fourth-order valence-electron chi connectivity index (χ4n) is 1.24.